The van der Waals surface area contributed by atoms with Crippen molar-refractivity contribution in [3.63, 3.8) is 0 Å². The highest BCUT2D eigenvalue weighted by atomic mass is 19.1. The second-order valence-electron chi connectivity index (χ2n) is 7.83. The molecular formula is C25H26FN5O2. The minimum absolute atomic E-state index is 0.112. The van der Waals surface area contributed by atoms with Crippen molar-refractivity contribution >= 4 is 23.2 Å². The standard InChI is InChI=1S/C25H26FN5O2/c26-20-8-10-21(11-9-20)29-25(33)24(32)28-18-23(19-5-4-12-27-17-19)31-15-13-30(14-16-31)22-6-2-1-3-7-22/h1-12,17,23H,13-16,18H2,(H,28,32)(H,29,33). The number of nitrogens with zero attached hydrogens (tertiary/aromatic N) is 3. The van der Waals surface area contributed by atoms with Gasteiger partial charge in [-0.2, -0.15) is 0 Å². The maximum atomic E-state index is 13.0. The van der Waals surface area contributed by atoms with Crippen LogP contribution < -0.4 is 15.5 Å². The Balaban J connectivity index is 1.38. The Morgan fingerprint density at radius 2 is 1.64 bits per heavy atom. The van der Waals surface area contributed by atoms with Crippen molar-refractivity contribution in [2.24, 2.45) is 0 Å². The highest BCUT2D eigenvalue weighted by molar-refractivity contribution is 6.39. The van der Waals surface area contributed by atoms with Crippen LogP contribution in [0.5, 0.6) is 0 Å². The summed E-state index contributed by atoms with van der Waals surface area (Å²) in [5.74, 6) is -1.94. The number of amides is 2. The lowest BCUT2D eigenvalue weighted by atomic mass is 10.1. The molecule has 2 amide bonds. The molecule has 2 N–H and O–H groups in total. The van der Waals surface area contributed by atoms with Gasteiger partial charge in [-0.05, 0) is 48.0 Å². The van der Waals surface area contributed by atoms with Gasteiger partial charge in [-0.15, -0.1) is 0 Å². The lowest BCUT2D eigenvalue weighted by molar-refractivity contribution is -0.136. The van der Waals surface area contributed by atoms with E-state index in [1.807, 2.05) is 30.3 Å². The predicted molar refractivity (Wildman–Crippen MR) is 125 cm³/mol. The van der Waals surface area contributed by atoms with Crippen LogP contribution in [0.4, 0.5) is 15.8 Å². The van der Waals surface area contributed by atoms with Gasteiger partial charge in [-0.1, -0.05) is 24.3 Å². The fraction of sp³-hybridized carbons (Fsp3) is 0.240. The topological polar surface area (TPSA) is 77.6 Å². The second-order valence-corrected chi connectivity index (χ2v) is 7.83. The van der Waals surface area contributed by atoms with Crippen LogP contribution in [0.15, 0.2) is 79.1 Å². The number of carbonyl (C=O) groups is 2. The third-order valence-electron chi connectivity index (χ3n) is 5.71. The Morgan fingerprint density at radius 1 is 0.909 bits per heavy atom. The zero-order valence-corrected chi connectivity index (χ0v) is 18.2. The third kappa shape index (κ3) is 5.93. The van der Waals surface area contributed by atoms with Gasteiger partial charge in [0.25, 0.3) is 0 Å². The van der Waals surface area contributed by atoms with Gasteiger partial charge < -0.3 is 15.5 Å². The minimum Gasteiger partial charge on any atom is -0.369 e. The average molecular weight is 448 g/mol. The van der Waals surface area contributed by atoms with Gasteiger partial charge in [0.2, 0.25) is 0 Å². The van der Waals surface area contributed by atoms with Crippen molar-refractivity contribution in [1.82, 2.24) is 15.2 Å². The van der Waals surface area contributed by atoms with Crippen molar-refractivity contribution in [2.75, 3.05) is 42.9 Å². The number of para-hydroxylation sites is 1. The Kier molecular flexibility index (Phi) is 7.26. The summed E-state index contributed by atoms with van der Waals surface area (Å²) in [6.07, 6.45) is 3.50. The molecular weight excluding hydrogens is 421 g/mol. The second kappa shape index (κ2) is 10.7. The van der Waals surface area contributed by atoms with E-state index < -0.39 is 17.6 Å². The maximum Gasteiger partial charge on any atom is 0.313 e. The van der Waals surface area contributed by atoms with Crippen LogP contribution in [0, 0.1) is 5.82 Å². The molecule has 2 heterocycles. The zero-order chi connectivity index (χ0) is 23.0. The van der Waals surface area contributed by atoms with Crippen LogP contribution in [0.2, 0.25) is 0 Å². The normalized spacial score (nSPS) is 15.0. The van der Waals surface area contributed by atoms with E-state index in [4.69, 9.17) is 0 Å². The summed E-state index contributed by atoms with van der Waals surface area (Å²) in [5.41, 5.74) is 2.53. The first-order valence-electron chi connectivity index (χ1n) is 10.9. The van der Waals surface area contributed by atoms with E-state index in [0.717, 1.165) is 31.7 Å². The molecule has 1 aromatic heterocycles. The van der Waals surface area contributed by atoms with Gasteiger partial charge in [-0.25, -0.2) is 4.39 Å². The monoisotopic (exact) mass is 447 g/mol. The highest BCUT2D eigenvalue weighted by Crippen LogP contribution is 2.23. The summed E-state index contributed by atoms with van der Waals surface area (Å²) in [4.78, 5) is 33.6. The molecule has 1 atom stereocenters. The minimum atomic E-state index is -0.791. The van der Waals surface area contributed by atoms with E-state index in [-0.39, 0.29) is 12.6 Å². The first kappa shape index (κ1) is 22.4. The Hall–Kier alpha value is -3.78. The number of aromatic nitrogens is 1. The molecule has 2 aromatic carbocycles. The van der Waals surface area contributed by atoms with E-state index in [1.54, 1.807) is 12.4 Å². The van der Waals surface area contributed by atoms with Crippen LogP contribution in [0.3, 0.4) is 0 Å². The van der Waals surface area contributed by atoms with Gasteiger partial charge in [0.05, 0.1) is 6.04 Å². The Labute approximate surface area is 192 Å². The summed E-state index contributed by atoms with van der Waals surface area (Å²) < 4.78 is 13.0. The molecule has 0 saturated carbocycles. The smallest absolute Gasteiger partial charge is 0.313 e. The van der Waals surface area contributed by atoms with E-state index in [0.29, 0.717) is 5.69 Å². The molecule has 1 fully saturated rings. The van der Waals surface area contributed by atoms with Crippen LogP contribution in [-0.2, 0) is 9.59 Å². The van der Waals surface area contributed by atoms with Gasteiger partial charge in [-0.3, -0.25) is 19.5 Å². The van der Waals surface area contributed by atoms with Gasteiger partial charge in [0.1, 0.15) is 5.82 Å². The van der Waals surface area contributed by atoms with E-state index in [9.17, 15) is 14.0 Å². The van der Waals surface area contributed by atoms with Gasteiger partial charge in [0, 0.05) is 56.5 Å². The number of carbonyl (C=O) groups excluding carboxylic acids is 2. The SMILES string of the molecule is O=C(NCC(c1cccnc1)N1CCN(c2ccccc2)CC1)C(=O)Nc1ccc(F)cc1. The molecule has 7 nitrogen and oxygen atoms in total. The molecule has 1 saturated heterocycles. The van der Waals surface area contributed by atoms with Crippen LogP contribution in [-0.4, -0.2) is 54.4 Å². The highest BCUT2D eigenvalue weighted by Gasteiger charge is 2.26. The number of pyridine rings is 1. The first-order chi connectivity index (χ1) is 16.1. The first-order valence-corrected chi connectivity index (χ1v) is 10.9. The molecule has 0 aliphatic carbocycles. The number of benzene rings is 2. The van der Waals surface area contributed by atoms with Gasteiger partial charge >= 0.3 is 11.8 Å². The van der Waals surface area contributed by atoms with Gasteiger partial charge in [0.15, 0.2) is 0 Å². The van der Waals surface area contributed by atoms with E-state index in [2.05, 4.69) is 37.6 Å². The number of hydrogen-bond donors (Lipinski definition) is 2. The summed E-state index contributed by atoms with van der Waals surface area (Å²) in [6.45, 7) is 3.62. The molecule has 1 aliphatic heterocycles. The summed E-state index contributed by atoms with van der Waals surface area (Å²) in [7, 11) is 0. The van der Waals surface area contributed by atoms with Crippen molar-refractivity contribution in [1.29, 1.82) is 0 Å². The summed E-state index contributed by atoms with van der Waals surface area (Å²) >= 11 is 0. The quantitative estimate of drug-likeness (QED) is 0.569. The molecule has 170 valence electrons. The van der Waals surface area contributed by atoms with Crippen molar-refractivity contribution in [3.05, 3.63) is 90.5 Å². The molecule has 0 spiro atoms. The fourth-order valence-corrected chi connectivity index (χ4v) is 3.95. The molecule has 1 unspecified atom stereocenters. The third-order valence-corrected chi connectivity index (χ3v) is 5.71. The number of rotatable bonds is 6. The van der Waals surface area contributed by atoms with Crippen molar-refractivity contribution < 1.29 is 14.0 Å². The van der Waals surface area contributed by atoms with Crippen LogP contribution >= 0.6 is 0 Å². The molecule has 0 radical (unpaired) electrons. The predicted octanol–water partition coefficient (Wildman–Crippen LogP) is 2.84. The Morgan fingerprint density at radius 3 is 2.30 bits per heavy atom. The number of halogens is 1. The number of nitrogens with one attached hydrogen (secondary N) is 2. The lowest BCUT2D eigenvalue weighted by Gasteiger charge is -2.40. The molecule has 3 aromatic rings. The number of anilines is 2. The number of piperazine rings is 1. The van der Waals surface area contributed by atoms with E-state index >= 15 is 0 Å². The molecule has 1 aliphatic rings. The van der Waals surface area contributed by atoms with Crippen LogP contribution in [0.1, 0.15) is 11.6 Å². The summed E-state index contributed by atoms with van der Waals surface area (Å²) in [6, 6.07) is 19.3. The van der Waals surface area contributed by atoms with E-state index in [1.165, 1.54) is 30.0 Å². The van der Waals surface area contributed by atoms with Crippen molar-refractivity contribution in [3.8, 4) is 0 Å². The zero-order valence-electron chi connectivity index (χ0n) is 18.2. The lowest BCUT2D eigenvalue weighted by Crippen LogP contribution is -2.50. The van der Waals surface area contributed by atoms with Crippen molar-refractivity contribution in [2.45, 2.75) is 6.04 Å². The maximum absolute atomic E-state index is 13.0. The fourth-order valence-electron chi connectivity index (χ4n) is 3.95. The summed E-state index contributed by atoms with van der Waals surface area (Å²) in [5, 5.41) is 5.23. The van der Waals surface area contributed by atoms with Crippen LogP contribution in [0.25, 0.3) is 0 Å². The molecule has 4 rings (SSSR count). The Bertz CT molecular complexity index is 1060. The number of hydrogen-bond acceptors (Lipinski definition) is 5. The largest absolute Gasteiger partial charge is 0.369 e. The molecule has 8 heteroatoms. The molecule has 0 bridgehead atoms. The average Bonchev–Trinajstić information content (AvgIpc) is 2.87. The molecule has 33 heavy (non-hydrogen) atoms.